The molecule has 1 heterocycles. The van der Waals surface area contributed by atoms with Crippen molar-refractivity contribution in [1.82, 2.24) is 5.32 Å². The summed E-state index contributed by atoms with van der Waals surface area (Å²) in [6.45, 7) is 6.95. The Hall–Kier alpha value is -2.93. The summed E-state index contributed by atoms with van der Waals surface area (Å²) in [5.74, 6) is 2.18. The van der Waals surface area contributed by atoms with Crippen LogP contribution in [0.1, 0.15) is 56.0 Å². The van der Waals surface area contributed by atoms with Crippen LogP contribution in [-0.2, 0) is 4.79 Å². The normalized spacial score (nSPS) is 23.1. The molecule has 3 unspecified atom stereocenters. The van der Waals surface area contributed by atoms with Gasteiger partial charge in [0.15, 0.2) is 11.5 Å². The van der Waals surface area contributed by atoms with Crippen molar-refractivity contribution < 1.29 is 19.1 Å². The lowest BCUT2D eigenvalue weighted by molar-refractivity contribution is -0.114. The number of rotatable bonds is 6. The summed E-state index contributed by atoms with van der Waals surface area (Å²) in [6.07, 6.45) is 5.23. The summed E-state index contributed by atoms with van der Waals surface area (Å²) in [7, 11) is 3.35. The average molecular weight is 495 g/mol. The second-order valence-electron chi connectivity index (χ2n) is 9.35. The third kappa shape index (κ3) is 5.35. The number of anilines is 1. The van der Waals surface area contributed by atoms with Crippen LogP contribution in [-0.4, -0.2) is 38.6 Å². The molecule has 35 heavy (non-hydrogen) atoms. The van der Waals surface area contributed by atoms with Gasteiger partial charge in [0.25, 0.3) is 11.8 Å². The van der Waals surface area contributed by atoms with Crippen LogP contribution in [0.15, 0.2) is 46.2 Å². The van der Waals surface area contributed by atoms with Gasteiger partial charge in [-0.25, -0.2) is 0 Å². The monoisotopic (exact) mass is 494 g/mol. The number of nitrogens with zero attached hydrogens (tertiary/aromatic N) is 1. The lowest BCUT2D eigenvalue weighted by Gasteiger charge is -2.34. The maximum absolute atomic E-state index is 13.2. The summed E-state index contributed by atoms with van der Waals surface area (Å²) in [6, 6.07) is 11.4. The number of ether oxygens (including phenoxy) is 2. The zero-order valence-electron chi connectivity index (χ0n) is 21.1. The van der Waals surface area contributed by atoms with Crippen molar-refractivity contribution >= 4 is 35.3 Å². The molecule has 0 aromatic heterocycles. The molecule has 0 radical (unpaired) electrons. The smallest absolute Gasteiger partial charge is 0.264 e. The number of carbonyl (C=O) groups excluding carboxylic acids is 2. The Morgan fingerprint density at radius 3 is 2.71 bits per heavy atom. The molecule has 0 saturated heterocycles. The van der Waals surface area contributed by atoms with Gasteiger partial charge in [-0.3, -0.25) is 9.59 Å². The summed E-state index contributed by atoms with van der Waals surface area (Å²) < 4.78 is 11.0. The Morgan fingerprint density at radius 2 is 1.97 bits per heavy atom. The molecule has 2 aliphatic rings. The fourth-order valence-electron chi connectivity index (χ4n) is 4.77. The fourth-order valence-corrected chi connectivity index (χ4v) is 5.87. The molecule has 3 atom stereocenters. The van der Waals surface area contributed by atoms with Crippen LogP contribution >= 0.6 is 11.8 Å². The SMILES string of the molecule is CCOc1ccc(C=C2Sc3ccc(C(=O)NC4CCCC(C)C4C)cc3N(C)C2=O)cc1OC. The predicted octanol–water partition coefficient (Wildman–Crippen LogP) is 5.76. The van der Waals surface area contributed by atoms with E-state index < -0.39 is 0 Å². The van der Waals surface area contributed by atoms with E-state index in [1.807, 2.05) is 49.4 Å². The van der Waals surface area contributed by atoms with Crippen molar-refractivity contribution in [3.8, 4) is 11.5 Å². The third-order valence-electron chi connectivity index (χ3n) is 7.13. The third-order valence-corrected chi connectivity index (χ3v) is 8.20. The highest BCUT2D eigenvalue weighted by molar-refractivity contribution is 8.04. The number of likely N-dealkylation sites (N-methyl/N-ethyl adjacent to an activating group) is 1. The number of hydrogen-bond donors (Lipinski definition) is 1. The zero-order chi connectivity index (χ0) is 25.1. The molecule has 7 heteroatoms. The summed E-state index contributed by atoms with van der Waals surface area (Å²) >= 11 is 1.41. The van der Waals surface area contributed by atoms with Gasteiger partial charge in [-0.05, 0) is 67.2 Å². The van der Waals surface area contributed by atoms with Gasteiger partial charge in [0, 0.05) is 23.5 Å². The van der Waals surface area contributed by atoms with E-state index in [0.717, 1.165) is 29.0 Å². The number of amides is 2. The van der Waals surface area contributed by atoms with Crippen molar-refractivity contribution in [3.63, 3.8) is 0 Å². The van der Waals surface area contributed by atoms with E-state index in [0.29, 0.717) is 40.4 Å². The van der Waals surface area contributed by atoms with Gasteiger partial charge < -0.3 is 19.7 Å². The van der Waals surface area contributed by atoms with Gasteiger partial charge in [-0.1, -0.05) is 44.5 Å². The second kappa shape index (κ2) is 10.8. The van der Waals surface area contributed by atoms with E-state index in [9.17, 15) is 9.59 Å². The van der Waals surface area contributed by atoms with Gasteiger partial charge in [0.2, 0.25) is 0 Å². The van der Waals surface area contributed by atoms with Crippen LogP contribution in [0, 0.1) is 11.8 Å². The number of thioether (sulfide) groups is 1. The molecular formula is C28H34N2O4S. The minimum Gasteiger partial charge on any atom is -0.493 e. The van der Waals surface area contributed by atoms with Gasteiger partial charge in [0.05, 0.1) is 24.3 Å². The van der Waals surface area contributed by atoms with E-state index in [2.05, 4.69) is 19.2 Å². The molecule has 0 bridgehead atoms. The van der Waals surface area contributed by atoms with Crippen LogP contribution in [0.2, 0.25) is 0 Å². The first-order valence-electron chi connectivity index (χ1n) is 12.3. The van der Waals surface area contributed by atoms with Crippen LogP contribution in [0.4, 0.5) is 5.69 Å². The molecule has 2 amide bonds. The highest BCUT2D eigenvalue weighted by Crippen LogP contribution is 2.42. The second-order valence-corrected chi connectivity index (χ2v) is 10.4. The van der Waals surface area contributed by atoms with Crippen molar-refractivity contribution in [3.05, 3.63) is 52.4 Å². The Labute approximate surface area is 212 Å². The highest BCUT2D eigenvalue weighted by atomic mass is 32.2. The molecule has 2 aromatic carbocycles. The van der Waals surface area contributed by atoms with Crippen LogP contribution < -0.4 is 19.7 Å². The minimum absolute atomic E-state index is 0.0765. The number of methoxy groups -OCH3 is 1. The highest BCUT2D eigenvalue weighted by Gasteiger charge is 2.30. The average Bonchev–Trinajstić information content (AvgIpc) is 2.86. The van der Waals surface area contributed by atoms with Crippen LogP contribution in [0.25, 0.3) is 6.08 Å². The van der Waals surface area contributed by atoms with Crippen LogP contribution in [0.3, 0.4) is 0 Å². The van der Waals surface area contributed by atoms with E-state index >= 15 is 0 Å². The molecule has 4 rings (SSSR count). The Morgan fingerprint density at radius 1 is 1.17 bits per heavy atom. The summed E-state index contributed by atoms with van der Waals surface area (Å²) in [4.78, 5) is 29.4. The number of fused-ring (bicyclic) bond motifs is 1. The van der Waals surface area contributed by atoms with Gasteiger partial charge in [-0.2, -0.15) is 0 Å². The number of carbonyl (C=O) groups is 2. The quantitative estimate of drug-likeness (QED) is 0.517. The molecular weight excluding hydrogens is 460 g/mol. The van der Waals surface area contributed by atoms with Gasteiger partial charge in [0.1, 0.15) is 0 Å². The number of nitrogens with one attached hydrogen (secondary N) is 1. The van der Waals surface area contributed by atoms with Crippen molar-refractivity contribution in [2.24, 2.45) is 11.8 Å². The van der Waals surface area contributed by atoms with Crippen molar-refractivity contribution in [2.75, 3.05) is 25.7 Å². The lowest BCUT2D eigenvalue weighted by atomic mass is 9.78. The van der Waals surface area contributed by atoms with Crippen LogP contribution in [0.5, 0.6) is 11.5 Å². The first-order chi connectivity index (χ1) is 16.8. The first kappa shape index (κ1) is 25.2. The number of hydrogen-bond acceptors (Lipinski definition) is 5. The van der Waals surface area contributed by atoms with Crippen molar-refractivity contribution in [1.29, 1.82) is 0 Å². The van der Waals surface area contributed by atoms with Gasteiger partial charge >= 0.3 is 0 Å². The molecule has 1 aliphatic carbocycles. The Balaban J connectivity index is 1.54. The predicted molar refractivity (Wildman–Crippen MR) is 141 cm³/mol. The molecule has 0 spiro atoms. The molecule has 1 saturated carbocycles. The number of benzene rings is 2. The maximum atomic E-state index is 13.2. The van der Waals surface area contributed by atoms with E-state index in [-0.39, 0.29) is 17.9 Å². The van der Waals surface area contributed by atoms with Crippen molar-refractivity contribution in [2.45, 2.75) is 51.0 Å². The van der Waals surface area contributed by atoms with E-state index in [1.165, 1.54) is 18.2 Å². The standard InChI is InChI=1S/C28H34N2O4S/c1-6-34-23-12-10-19(14-24(23)33-5)15-26-28(32)30(4)22-16-20(11-13-25(22)35-26)27(31)29-21-9-7-8-17(2)18(21)3/h10-18,21H,6-9H2,1-5H3,(H,29,31). The largest absolute Gasteiger partial charge is 0.493 e. The lowest BCUT2D eigenvalue weighted by Crippen LogP contribution is -2.43. The maximum Gasteiger partial charge on any atom is 0.264 e. The van der Waals surface area contributed by atoms with Gasteiger partial charge in [-0.15, -0.1) is 0 Å². The molecule has 1 N–H and O–H groups in total. The minimum atomic E-state index is -0.109. The first-order valence-corrected chi connectivity index (χ1v) is 13.1. The molecule has 1 aliphatic heterocycles. The molecule has 186 valence electrons. The fraction of sp³-hybridized carbons (Fsp3) is 0.429. The summed E-state index contributed by atoms with van der Waals surface area (Å²) in [5, 5.41) is 3.23. The van der Waals surface area contributed by atoms with E-state index in [1.54, 1.807) is 19.1 Å². The Bertz CT molecular complexity index is 1150. The summed E-state index contributed by atoms with van der Waals surface area (Å²) in [5.41, 5.74) is 2.18. The zero-order valence-corrected chi connectivity index (χ0v) is 21.9. The molecule has 6 nitrogen and oxygen atoms in total. The molecule has 1 fully saturated rings. The topological polar surface area (TPSA) is 67.9 Å². The van der Waals surface area contributed by atoms with E-state index in [4.69, 9.17) is 9.47 Å². The molecule has 2 aromatic rings. The Kier molecular flexibility index (Phi) is 7.75.